The van der Waals surface area contributed by atoms with Gasteiger partial charge < -0.3 is 0 Å². The normalized spacial score (nSPS) is 23.2. The van der Waals surface area contributed by atoms with E-state index in [2.05, 4.69) is 6.58 Å². The zero-order valence-corrected chi connectivity index (χ0v) is 10.5. The van der Waals surface area contributed by atoms with Crippen molar-refractivity contribution in [2.24, 2.45) is 5.92 Å². The van der Waals surface area contributed by atoms with Crippen molar-refractivity contribution in [3.8, 4) is 0 Å². The van der Waals surface area contributed by atoms with E-state index in [1.807, 2.05) is 19.9 Å². The van der Waals surface area contributed by atoms with E-state index in [1.165, 1.54) is 6.08 Å². The second-order valence-corrected chi connectivity index (χ2v) is 4.24. The molecule has 0 saturated carbocycles. The summed E-state index contributed by atoms with van der Waals surface area (Å²) < 4.78 is 12.5. The molecule has 0 aromatic rings. The van der Waals surface area contributed by atoms with Gasteiger partial charge in [-0.1, -0.05) is 43.7 Å². The van der Waals surface area contributed by atoms with Gasteiger partial charge in [-0.25, -0.2) is 4.39 Å². The molecule has 0 bridgehead atoms. The molecular weight excluding hydrogens is 215 g/mol. The lowest BCUT2D eigenvalue weighted by atomic mass is 9.81. The van der Waals surface area contributed by atoms with E-state index in [0.717, 1.165) is 30.4 Å². The fourth-order valence-electron chi connectivity index (χ4n) is 2.06. The lowest BCUT2D eigenvalue weighted by Crippen LogP contribution is -2.19. The smallest absolute Gasteiger partial charge is 0.162 e. The van der Waals surface area contributed by atoms with Gasteiger partial charge in [0.2, 0.25) is 0 Å². The molecule has 0 heterocycles. The molecule has 0 aromatic heterocycles. The van der Waals surface area contributed by atoms with Gasteiger partial charge in [-0.15, -0.1) is 0 Å². The number of carbonyl (C=O) groups is 1. The minimum Gasteiger partial charge on any atom is -0.294 e. The van der Waals surface area contributed by atoms with E-state index < -0.39 is 5.83 Å². The molecule has 1 unspecified atom stereocenters. The molecule has 0 aliphatic heterocycles. The third-order valence-electron chi connectivity index (χ3n) is 3.02. The van der Waals surface area contributed by atoms with Crippen molar-refractivity contribution >= 4 is 5.78 Å². The van der Waals surface area contributed by atoms with E-state index in [-0.39, 0.29) is 11.7 Å². The molecule has 17 heavy (non-hydrogen) atoms. The summed E-state index contributed by atoms with van der Waals surface area (Å²) in [6.07, 6.45) is 9.06. The number of ketones is 1. The zero-order valence-electron chi connectivity index (χ0n) is 10.5. The summed E-state index contributed by atoms with van der Waals surface area (Å²) in [6, 6.07) is 0. The molecule has 1 nitrogen and oxygen atoms in total. The Labute approximate surface area is 102 Å². The molecule has 0 amide bonds. The van der Waals surface area contributed by atoms with Gasteiger partial charge in [0, 0.05) is 5.92 Å². The zero-order chi connectivity index (χ0) is 12.8. The highest BCUT2D eigenvalue weighted by Gasteiger charge is 2.24. The Kier molecular flexibility index (Phi) is 5.08. The van der Waals surface area contributed by atoms with Crippen molar-refractivity contribution in [3.63, 3.8) is 0 Å². The Hall–Kier alpha value is -1.44. The summed E-state index contributed by atoms with van der Waals surface area (Å²) in [4.78, 5) is 11.9. The Bertz CT molecular complexity index is 399. The van der Waals surface area contributed by atoms with Crippen LogP contribution in [0.15, 0.2) is 47.9 Å². The minimum atomic E-state index is -0.469. The van der Waals surface area contributed by atoms with Gasteiger partial charge in [0.15, 0.2) is 5.78 Å². The van der Waals surface area contributed by atoms with Gasteiger partial charge in [-0.3, -0.25) is 4.79 Å². The quantitative estimate of drug-likeness (QED) is 0.663. The molecule has 0 fully saturated rings. The highest BCUT2D eigenvalue weighted by molar-refractivity contribution is 5.95. The highest BCUT2D eigenvalue weighted by Crippen LogP contribution is 2.30. The van der Waals surface area contributed by atoms with Crippen molar-refractivity contribution < 1.29 is 9.18 Å². The Morgan fingerprint density at radius 1 is 1.59 bits per heavy atom. The SMILES string of the molecule is C=C(F)/C=C\C=C1\CC(CC)=CC(=O)C1CC. The number of halogens is 1. The first-order valence-electron chi connectivity index (χ1n) is 6.03. The third-order valence-corrected chi connectivity index (χ3v) is 3.02. The second kappa shape index (κ2) is 6.33. The van der Waals surface area contributed by atoms with Crippen LogP contribution in [0, 0.1) is 5.92 Å². The van der Waals surface area contributed by atoms with E-state index >= 15 is 0 Å². The summed E-state index contributed by atoms with van der Waals surface area (Å²) in [6.45, 7) is 7.20. The minimum absolute atomic E-state index is 0.0390. The van der Waals surface area contributed by atoms with E-state index in [0.29, 0.717) is 0 Å². The van der Waals surface area contributed by atoms with Gasteiger partial charge in [0.05, 0.1) is 0 Å². The number of rotatable bonds is 4. The lowest BCUT2D eigenvalue weighted by Gasteiger charge is -2.22. The first kappa shape index (κ1) is 13.6. The van der Waals surface area contributed by atoms with Crippen LogP contribution in [0.1, 0.15) is 33.1 Å². The predicted octanol–water partition coefficient (Wildman–Crippen LogP) is 4.29. The van der Waals surface area contributed by atoms with Crippen LogP contribution in [-0.4, -0.2) is 5.78 Å². The third kappa shape index (κ3) is 3.81. The van der Waals surface area contributed by atoms with Crippen LogP contribution in [-0.2, 0) is 4.79 Å². The number of hydrogen-bond donors (Lipinski definition) is 0. The summed E-state index contributed by atoms with van der Waals surface area (Å²) in [5.41, 5.74) is 2.23. The molecule has 1 atom stereocenters. The fraction of sp³-hybridized carbons (Fsp3) is 0.400. The van der Waals surface area contributed by atoms with Crippen LogP contribution in [0.25, 0.3) is 0 Å². The van der Waals surface area contributed by atoms with Crippen molar-refractivity contribution in [3.05, 3.63) is 47.9 Å². The Balaban J connectivity index is 2.93. The van der Waals surface area contributed by atoms with E-state index in [4.69, 9.17) is 0 Å². The number of allylic oxidation sites excluding steroid dienone is 7. The summed E-state index contributed by atoms with van der Waals surface area (Å²) in [7, 11) is 0. The molecule has 0 saturated heterocycles. The van der Waals surface area contributed by atoms with E-state index in [9.17, 15) is 9.18 Å². The van der Waals surface area contributed by atoms with Crippen molar-refractivity contribution in [1.29, 1.82) is 0 Å². The van der Waals surface area contributed by atoms with Crippen LogP contribution >= 0.6 is 0 Å². The van der Waals surface area contributed by atoms with Crippen LogP contribution < -0.4 is 0 Å². The Morgan fingerprint density at radius 3 is 2.82 bits per heavy atom. The monoisotopic (exact) mass is 234 g/mol. The molecule has 1 aliphatic carbocycles. The van der Waals surface area contributed by atoms with E-state index in [1.54, 1.807) is 12.2 Å². The summed E-state index contributed by atoms with van der Waals surface area (Å²) in [5.74, 6) is -0.333. The summed E-state index contributed by atoms with van der Waals surface area (Å²) in [5, 5.41) is 0. The van der Waals surface area contributed by atoms with Gasteiger partial charge in [-0.05, 0) is 31.4 Å². The lowest BCUT2D eigenvalue weighted by molar-refractivity contribution is -0.117. The second-order valence-electron chi connectivity index (χ2n) is 4.24. The first-order chi connectivity index (χ1) is 8.08. The van der Waals surface area contributed by atoms with Crippen molar-refractivity contribution in [2.45, 2.75) is 33.1 Å². The predicted molar refractivity (Wildman–Crippen MR) is 69.3 cm³/mol. The standard InChI is InChI=1S/C15H19FO/c1-4-12-9-13(8-6-7-11(3)16)14(5-2)15(17)10-12/h6-8,10,14H,3-5,9H2,1-2H3/b7-6-,13-8-. The van der Waals surface area contributed by atoms with Crippen LogP contribution in [0.4, 0.5) is 4.39 Å². The average Bonchev–Trinajstić information content (AvgIpc) is 2.28. The fourth-order valence-corrected chi connectivity index (χ4v) is 2.06. The molecule has 92 valence electrons. The molecule has 0 radical (unpaired) electrons. The van der Waals surface area contributed by atoms with Crippen LogP contribution in [0.3, 0.4) is 0 Å². The topological polar surface area (TPSA) is 17.1 Å². The van der Waals surface area contributed by atoms with Crippen molar-refractivity contribution in [2.75, 3.05) is 0 Å². The molecular formula is C15H19FO. The molecule has 0 spiro atoms. The van der Waals surface area contributed by atoms with Gasteiger partial charge in [-0.2, -0.15) is 0 Å². The van der Waals surface area contributed by atoms with Gasteiger partial charge in [0.1, 0.15) is 5.83 Å². The molecule has 1 aliphatic rings. The molecule has 1 rings (SSSR count). The van der Waals surface area contributed by atoms with Gasteiger partial charge >= 0.3 is 0 Å². The highest BCUT2D eigenvalue weighted by atomic mass is 19.1. The van der Waals surface area contributed by atoms with Gasteiger partial charge in [0.25, 0.3) is 0 Å². The first-order valence-corrected chi connectivity index (χ1v) is 6.03. The maximum Gasteiger partial charge on any atom is 0.162 e. The largest absolute Gasteiger partial charge is 0.294 e. The molecule has 0 aromatic carbocycles. The Morgan fingerprint density at radius 2 is 2.29 bits per heavy atom. The number of carbonyl (C=O) groups excluding carboxylic acids is 1. The maximum atomic E-state index is 12.5. The maximum absolute atomic E-state index is 12.5. The molecule has 0 N–H and O–H groups in total. The average molecular weight is 234 g/mol. The summed E-state index contributed by atoms with van der Waals surface area (Å²) >= 11 is 0. The number of hydrogen-bond acceptors (Lipinski definition) is 1. The van der Waals surface area contributed by atoms with Crippen LogP contribution in [0.2, 0.25) is 0 Å². The van der Waals surface area contributed by atoms with Crippen molar-refractivity contribution in [1.82, 2.24) is 0 Å². The van der Waals surface area contributed by atoms with Crippen LogP contribution in [0.5, 0.6) is 0 Å². The molecule has 2 heteroatoms.